The van der Waals surface area contributed by atoms with Crippen molar-refractivity contribution in [3.63, 3.8) is 0 Å². The molecule has 0 aliphatic carbocycles. The molecule has 0 fully saturated rings. The highest BCUT2D eigenvalue weighted by molar-refractivity contribution is 5.03. The smallest absolute Gasteiger partial charge is 0.0416 e. The van der Waals surface area contributed by atoms with Crippen LogP contribution >= 0.6 is 0 Å². The van der Waals surface area contributed by atoms with Crippen molar-refractivity contribution in [2.45, 2.75) is 45.7 Å². The van der Waals surface area contributed by atoms with Gasteiger partial charge in [0.2, 0.25) is 0 Å². The lowest BCUT2D eigenvalue weighted by Crippen LogP contribution is -2.45. The van der Waals surface area contributed by atoms with Gasteiger partial charge in [-0.2, -0.15) is 0 Å². The molecule has 1 heterocycles. The molecule has 3 heteroatoms. The highest BCUT2D eigenvalue weighted by Gasteiger charge is 2.14. The Balaban J connectivity index is 2.30. The number of hydrogen-bond donors (Lipinski definition) is 1. The maximum absolute atomic E-state index is 4.35. The van der Waals surface area contributed by atoms with Crippen LogP contribution in [0, 0.1) is 0 Å². The molecular weight excluding hydrogens is 222 g/mol. The first-order valence-corrected chi connectivity index (χ1v) is 6.73. The van der Waals surface area contributed by atoms with E-state index in [1.807, 2.05) is 18.3 Å². The molecule has 0 saturated heterocycles. The summed E-state index contributed by atoms with van der Waals surface area (Å²) >= 11 is 0. The monoisotopic (exact) mass is 249 g/mol. The maximum atomic E-state index is 4.35. The van der Waals surface area contributed by atoms with Gasteiger partial charge in [-0.3, -0.25) is 4.98 Å². The molecule has 102 valence electrons. The van der Waals surface area contributed by atoms with Crippen LogP contribution in [0.3, 0.4) is 0 Å². The lowest BCUT2D eigenvalue weighted by atomic mass is 10.1. The Morgan fingerprint density at radius 2 is 2.06 bits per heavy atom. The molecule has 0 bridgehead atoms. The van der Waals surface area contributed by atoms with Crippen molar-refractivity contribution >= 4 is 0 Å². The van der Waals surface area contributed by atoms with Crippen LogP contribution in [0.25, 0.3) is 0 Å². The SMILES string of the molecule is CC(CNC(C)(C)C)N(C)CCc1ccccn1. The number of nitrogens with zero attached hydrogens (tertiary/aromatic N) is 2. The van der Waals surface area contributed by atoms with Gasteiger partial charge in [-0.25, -0.2) is 0 Å². The molecule has 0 aromatic carbocycles. The summed E-state index contributed by atoms with van der Waals surface area (Å²) < 4.78 is 0. The Morgan fingerprint density at radius 3 is 2.61 bits per heavy atom. The highest BCUT2D eigenvalue weighted by Crippen LogP contribution is 2.03. The molecule has 3 nitrogen and oxygen atoms in total. The highest BCUT2D eigenvalue weighted by atomic mass is 15.1. The van der Waals surface area contributed by atoms with Gasteiger partial charge in [0.05, 0.1) is 0 Å². The van der Waals surface area contributed by atoms with Crippen LogP contribution in [0.5, 0.6) is 0 Å². The van der Waals surface area contributed by atoms with E-state index in [0.29, 0.717) is 6.04 Å². The molecule has 18 heavy (non-hydrogen) atoms. The summed E-state index contributed by atoms with van der Waals surface area (Å²) in [6.45, 7) is 10.9. The zero-order valence-corrected chi connectivity index (χ0v) is 12.4. The summed E-state index contributed by atoms with van der Waals surface area (Å²) in [5.41, 5.74) is 1.36. The van der Waals surface area contributed by atoms with Crippen molar-refractivity contribution in [2.75, 3.05) is 20.1 Å². The van der Waals surface area contributed by atoms with Gasteiger partial charge in [0.15, 0.2) is 0 Å². The fourth-order valence-electron chi connectivity index (χ4n) is 1.67. The molecule has 0 spiro atoms. The van der Waals surface area contributed by atoms with Gasteiger partial charge in [-0.15, -0.1) is 0 Å². The van der Waals surface area contributed by atoms with Gasteiger partial charge in [-0.1, -0.05) is 6.07 Å². The minimum Gasteiger partial charge on any atom is -0.311 e. The van der Waals surface area contributed by atoms with E-state index in [0.717, 1.165) is 19.5 Å². The molecule has 1 atom stereocenters. The van der Waals surface area contributed by atoms with Gasteiger partial charge >= 0.3 is 0 Å². The molecule has 1 rings (SSSR count). The minimum atomic E-state index is 0.191. The summed E-state index contributed by atoms with van der Waals surface area (Å²) in [4.78, 5) is 6.74. The first-order valence-electron chi connectivity index (χ1n) is 6.73. The van der Waals surface area contributed by atoms with Crippen molar-refractivity contribution in [3.05, 3.63) is 30.1 Å². The molecule has 0 aliphatic heterocycles. The van der Waals surface area contributed by atoms with Gasteiger partial charge in [0.25, 0.3) is 0 Å². The van der Waals surface area contributed by atoms with E-state index in [4.69, 9.17) is 0 Å². The standard InChI is InChI=1S/C15H27N3/c1-13(12-17-15(2,3)4)18(5)11-9-14-8-6-7-10-16-14/h6-8,10,13,17H,9,11-12H2,1-5H3. The lowest BCUT2D eigenvalue weighted by Gasteiger charge is -2.29. The number of nitrogens with one attached hydrogen (secondary N) is 1. The number of likely N-dealkylation sites (N-methyl/N-ethyl adjacent to an activating group) is 1. The molecule has 0 amide bonds. The third-order valence-corrected chi connectivity index (χ3v) is 3.13. The maximum Gasteiger partial charge on any atom is 0.0416 e. The molecular formula is C15H27N3. The molecule has 1 unspecified atom stereocenters. The van der Waals surface area contributed by atoms with Crippen LogP contribution in [0.15, 0.2) is 24.4 Å². The zero-order chi connectivity index (χ0) is 13.6. The van der Waals surface area contributed by atoms with Crippen molar-refractivity contribution in [2.24, 2.45) is 0 Å². The summed E-state index contributed by atoms with van der Waals surface area (Å²) in [5, 5.41) is 3.54. The Kier molecular flexibility index (Phi) is 5.76. The Morgan fingerprint density at radius 1 is 1.33 bits per heavy atom. The second kappa shape index (κ2) is 6.86. The first kappa shape index (κ1) is 15.1. The largest absolute Gasteiger partial charge is 0.311 e. The molecule has 1 N–H and O–H groups in total. The minimum absolute atomic E-state index is 0.191. The van der Waals surface area contributed by atoms with Crippen LogP contribution in [0.2, 0.25) is 0 Å². The fourth-order valence-corrected chi connectivity index (χ4v) is 1.67. The Bertz CT molecular complexity index is 329. The summed E-state index contributed by atoms with van der Waals surface area (Å²) in [7, 11) is 2.18. The summed E-state index contributed by atoms with van der Waals surface area (Å²) in [6, 6.07) is 6.63. The van der Waals surface area contributed by atoms with Crippen LogP contribution < -0.4 is 5.32 Å². The average Bonchev–Trinajstić information content (AvgIpc) is 2.33. The van der Waals surface area contributed by atoms with E-state index < -0.39 is 0 Å². The molecule has 0 saturated carbocycles. The normalized spacial score (nSPS) is 13.9. The zero-order valence-electron chi connectivity index (χ0n) is 12.4. The summed E-state index contributed by atoms with van der Waals surface area (Å²) in [6.07, 6.45) is 2.87. The number of hydrogen-bond acceptors (Lipinski definition) is 3. The van der Waals surface area contributed by atoms with Crippen LogP contribution in [-0.2, 0) is 6.42 Å². The third-order valence-electron chi connectivity index (χ3n) is 3.13. The topological polar surface area (TPSA) is 28.2 Å². The van der Waals surface area contributed by atoms with E-state index >= 15 is 0 Å². The van der Waals surface area contributed by atoms with Crippen LogP contribution in [-0.4, -0.2) is 41.6 Å². The quantitative estimate of drug-likeness (QED) is 0.838. The van der Waals surface area contributed by atoms with E-state index in [2.05, 4.69) is 56.0 Å². The van der Waals surface area contributed by atoms with E-state index in [1.54, 1.807) is 0 Å². The van der Waals surface area contributed by atoms with Crippen molar-refractivity contribution < 1.29 is 0 Å². The number of rotatable bonds is 6. The molecule has 0 aliphatic rings. The van der Waals surface area contributed by atoms with Crippen LogP contribution in [0.1, 0.15) is 33.4 Å². The predicted octanol–water partition coefficient (Wildman–Crippen LogP) is 2.33. The Hall–Kier alpha value is -0.930. The lowest BCUT2D eigenvalue weighted by molar-refractivity contribution is 0.237. The van der Waals surface area contributed by atoms with E-state index in [-0.39, 0.29) is 5.54 Å². The molecule has 0 radical (unpaired) electrons. The first-order chi connectivity index (χ1) is 8.38. The summed E-state index contributed by atoms with van der Waals surface area (Å²) in [5.74, 6) is 0. The van der Waals surface area contributed by atoms with Gasteiger partial charge < -0.3 is 10.2 Å². The second-order valence-corrected chi connectivity index (χ2v) is 6.03. The van der Waals surface area contributed by atoms with Crippen molar-refractivity contribution in [3.8, 4) is 0 Å². The predicted molar refractivity (Wildman–Crippen MR) is 77.8 cm³/mol. The van der Waals surface area contributed by atoms with Gasteiger partial charge in [0, 0.05) is 43.0 Å². The van der Waals surface area contributed by atoms with E-state index in [1.165, 1.54) is 5.69 Å². The molecule has 1 aromatic heterocycles. The third kappa shape index (κ3) is 6.12. The fraction of sp³-hybridized carbons (Fsp3) is 0.667. The van der Waals surface area contributed by atoms with E-state index in [9.17, 15) is 0 Å². The van der Waals surface area contributed by atoms with Gasteiger partial charge in [0.1, 0.15) is 0 Å². The van der Waals surface area contributed by atoms with Crippen LogP contribution in [0.4, 0.5) is 0 Å². The Labute approximate surface area is 112 Å². The average molecular weight is 249 g/mol. The van der Waals surface area contributed by atoms with Crippen molar-refractivity contribution in [1.29, 1.82) is 0 Å². The number of pyridine rings is 1. The van der Waals surface area contributed by atoms with Gasteiger partial charge in [-0.05, 0) is 46.9 Å². The number of aromatic nitrogens is 1. The molecule has 1 aromatic rings. The second-order valence-electron chi connectivity index (χ2n) is 6.03. The van der Waals surface area contributed by atoms with Crippen molar-refractivity contribution in [1.82, 2.24) is 15.2 Å².